The van der Waals surface area contributed by atoms with E-state index in [-0.39, 0.29) is 17.3 Å². The molecule has 1 fully saturated rings. The van der Waals surface area contributed by atoms with Crippen LogP contribution in [0.15, 0.2) is 29.2 Å². The van der Waals surface area contributed by atoms with E-state index in [0.717, 1.165) is 35.0 Å². The monoisotopic (exact) mass is 364 g/mol. The fourth-order valence-corrected chi connectivity index (χ4v) is 4.26. The molecule has 1 saturated heterocycles. The third-order valence-electron chi connectivity index (χ3n) is 3.84. The van der Waals surface area contributed by atoms with Crippen LogP contribution in [0.3, 0.4) is 0 Å². The number of halogens is 3. The van der Waals surface area contributed by atoms with Gasteiger partial charge in [0.15, 0.2) is 0 Å². The Kier molecular flexibility index (Phi) is 5.54. The molecule has 24 heavy (non-hydrogen) atoms. The highest BCUT2D eigenvalue weighted by Gasteiger charge is 2.39. The van der Waals surface area contributed by atoms with Gasteiger partial charge in [0, 0.05) is 13.1 Å². The molecule has 2 rings (SSSR count). The second-order valence-electron chi connectivity index (χ2n) is 5.59. The standard InChI is InChI=1S/C15H19F3N2O3S/c1-2-9-19-14(21)13-4-3-10-20(13)24(22,23)12-7-5-11(6-8-12)15(16,17)18/h5-8,13H,2-4,9-10H2,1H3,(H,19,21). The molecule has 1 amide bonds. The molecule has 1 unspecified atom stereocenters. The van der Waals surface area contributed by atoms with Crippen LogP contribution in [0.5, 0.6) is 0 Å². The van der Waals surface area contributed by atoms with Crippen LogP contribution in [-0.2, 0) is 21.0 Å². The molecule has 9 heteroatoms. The maximum atomic E-state index is 12.6. The van der Waals surface area contributed by atoms with E-state index >= 15 is 0 Å². The summed E-state index contributed by atoms with van der Waals surface area (Å²) in [6.07, 6.45) is -2.87. The molecule has 134 valence electrons. The fraction of sp³-hybridized carbons (Fsp3) is 0.533. The van der Waals surface area contributed by atoms with E-state index in [1.54, 1.807) is 0 Å². The summed E-state index contributed by atoms with van der Waals surface area (Å²) in [7, 11) is -4.02. The average molecular weight is 364 g/mol. The Hall–Kier alpha value is -1.61. The van der Waals surface area contributed by atoms with Crippen LogP contribution in [0.4, 0.5) is 13.2 Å². The summed E-state index contributed by atoms with van der Waals surface area (Å²) < 4.78 is 64.1. The van der Waals surface area contributed by atoms with Gasteiger partial charge in [-0.15, -0.1) is 0 Å². The Balaban J connectivity index is 2.24. The predicted octanol–water partition coefficient (Wildman–Crippen LogP) is 2.38. The summed E-state index contributed by atoms with van der Waals surface area (Å²) in [6.45, 7) is 2.50. The first-order chi connectivity index (χ1) is 11.2. The molecule has 0 aliphatic carbocycles. The minimum absolute atomic E-state index is 0.174. The van der Waals surface area contributed by atoms with Gasteiger partial charge in [0.1, 0.15) is 6.04 Å². The lowest BCUT2D eigenvalue weighted by Crippen LogP contribution is -2.46. The quantitative estimate of drug-likeness (QED) is 0.872. The molecule has 0 saturated carbocycles. The second-order valence-corrected chi connectivity index (χ2v) is 7.48. The van der Waals surface area contributed by atoms with Crippen LogP contribution in [0.25, 0.3) is 0 Å². The van der Waals surface area contributed by atoms with Gasteiger partial charge >= 0.3 is 6.18 Å². The van der Waals surface area contributed by atoms with Gasteiger partial charge in [0.05, 0.1) is 10.5 Å². The zero-order valence-electron chi connectivity index (χ0n) is 13.1. The van der Waals surface area contributed by atoms with Crippen molar-refractivity contribution in [3.63, 3.8) is 0 Å². The lowest BCUT2D eigenvalue weighted by Gasteiger charge is -2.23. The van der Waals surface area contributed by atoms with Crippen molar-refractivity contribution in [1.82, 2.24) is 9.62 Å². The van der Waals surface area contributed by atoms with Crippen LogP contribution < -0.4 is 5.32 Å². The van der Waals surface area contributed by atoms with Crippen LogP contribution in [0.2, 0.25) is 0 Å². The highest BCUT2D eigenvalue weighted by Crippen LogP contribution is 2.31. The Morgan fingerprint density at radius 2 is 1.92 bits per heavy atom. The molecule has 1 aliphatic rings. The molecular weight excluding hydrogens is 345 g/mol. The lowest BCUT2D eigenvalue weighted by molar-refractivity contribution is -0.137. The van der Waals surface area contributed by atoms with E-state index < -0.39 is 27.8 Å². The molecule has 0 bridgehead atoms. The lowest BCUT2D eigenvalue weighted by atomic mass is 10.2. The number of nitrogens with zero attached hydrogens (tertiary/aromatic N) is 1. The fourth-order valence-electron chi connectivity index (χ4n) is 2.61. The van der Waals surface area contributed by atoms with Gasteiger partial charge < -0.3 is 5.32 Å². The van der Waals surface area contributed by atoms with Gasteiger partial charge in [-0.1, -0.05) is 6.92 Å². The summed E-state index contributed by atoms with van der Waals surface area (Å²) in [5.74, 6) is -0.371. The van der Waals surface area contributed by atoms with Crippen molar-refractivity contribution < 1.29 is 26.4 Å². The molecule has 1 atom stereocenters. The molecule has 1 N–H and O–H groups in total. The van der Waals surface area contributed by atoms with Gasteiger partial charge in [-0.25, -0.2) is 8.42 Å². The van der Waals surface area contributed by atoms with Crippen molar-refractivity contribution in [2.24, 2.45) is 0 Å². The highest BCUT2D eigenvalue weighted by atomic mass is 32.2. The molecule has 0 spiro atoms. The van der Waals surface area contributed by atoms with E-state index in [4.69, 9.17) is 0 Å². The van der Waals surface area contributed by atoms with Crippen LogP contribution in [0.1, 0.15) is 31.7 Å². The molecule has 0 radical (unpaired) electrons. The summed E-state index contributed by atoms with van der Waals surface area (Å²) in [5, 5.41) is 2.66. The summed E-state index contributed by atoms with van der Waals surface area (Å²) in [4.78, 5) is 11.9. The number of nitrogens with one attached hydrogen (secondary N) is 1. The van der Waals surface area contributed by atoms with Gasteiger partial charge in [0.2, 0.25) is 15.9 Å². The zero-order chi connectivity index (χ0) is 18.0. The second kappa shape index (κ2) is 7.10. The van der Waals surface area contributed by atoms with Crippen molar-refractivity contribution in [2.45, 2.75) is 43.3 Å². The topological polar surface area (TPSA) is 66.5 Å². The summed E-state index contributed by atoms with van der Waals surface area (Å²) in [5.41, 5.74) is -0.917. The zero-order valence-corrected chi connectivity index (χ0v) is 14.0. The number of alkyl halides is 3. The van der Waals surface area contributed by atoms with E-state index in [2.05, 4.69) is 5.32 Å². The van der Waals surface area contributed by atoms with Crippen LogP contribution in [0, 0.1) is 0 Å². The number of rotatable bonds is 5. The van der Waals surface area contributed by atoms with Gasteiger partial charge in [-0.05, 0) is 43.5 Å². The van der Waals surface area contributed by atoms with Gasteiger partial charge in [-0.3, -0.25) is 4.79 Å². The number of carbonyl (C=O) groups is 1. The van der Waals surface area contributed by atoms with Crippen molar-refractivity contribution in [1.29, 1.82) is 0 Å². The Labute approximate surface area is 138 Å². The Morgan fingerprint density at radius 1 is 1.29 bits per heavy atom. The molecule has 1 heterocycles. The van der Waals surface area contributed by atoms with E-state index in [1.807, 2.05) is 6.92 Å². The molecule has 1 aromatic rings. The summed E-state index contributed by atoms with van der Waals surface area (Å²) in [6, 6.07) is 2.50. The average Bonchev–Trinajstić information content (AvgIpc) is 3.02. The van der Waals surface area contributed by atoms with E-state index in [0.29, 0.717) is 19.4 Å². The van der Waals surface area contributed by atoms with Crippen LogP contribution >= 0.6 is 0 Å². The Morgan fingerprint density at radius 3 is 2.46 bits per heavy atom. The van der Waals surface area contributed by atoms with Crippen molar-refractivity contribution in [3.8, 4) is 0 Å². The third-order valence-corrected chi connectivity index (χ3v) is 5.77. The maximum absolute atomic E-state index is 12.6. The molecule has 5 nitrogen and oxygen atoms in total. The smallest absolute Gasteiger partial charge is 0.355 e. The number of amides is 1. The predicted molar refractivity (Wildman–Crippen MR) is 81.7 cm³/mol. The molecular formula is C15H19F3N2O3S. The summed E-state index contributed by atoms with van der Waals surface area (Å²) >= 11 is 0. The van der Waals surface area contributed by atoms with Crippen LogP contribution in [-0.4, -0.2) is 37.8 Å². The highest BCUT2D eigenvalue weighted by molar-refractivity contribution is 7.89. The van der Waals surface area contributed by atoms with Crippen molar-refractivity contribution >= 4 is 15.9 Å². The number of carbonyl (C=O) groups excluding carboxylic acids is 1. The first-order valence-electron chi connectivity index (χ1n) is 7.64. The normalized spacial score (nSPS) is 19.4. The van der Waals surface area contributed by atoms with Gasteiger partial charge in [-0.2, -0.15) is 17.5 Å². The third kappa shape index (κ3) is 3.89. The number of hydrogen-bond donors (Lipinski definition) is 1. The molecule has 1 aromatic carbocycles. The largest absolute Gasteiger partial charge is 0.416 e. The number of hydrogen-bond acceptors (Lipinski definition) is 3. The minimum Gasteiger partial charge on any atom is -0.355 e. The van der Waals surface area contributed by atoms with E-state index in [9.17, 15) is 26.4 Å². The first kappa shape index (κ1) is 18.7. The number of benzene rings is 1. The van der Waals surface area contributed by atoms with Crippen molar-refractivity contribution in [3.05, 3.63) is 29.8 Å². The molecule has 0 aromatic heterocycles. The first-order valence-corrected chi connectivity index (χ1v) is 9.08. The SMILES string of the molecule is CCCNC(=O)C1CCCN1S(=O)(=O)c1ccc(C(F)(F)F)cc1. The minimum atomic E-state index is -4.53. The Bertz CT molecular complexity index is 687. The van der Waals surface area contributed by atoms with Gasteiger partial charge in [0.25, 0.3) is 0 Å². The van der Waals surface area contributed by atoms with E-state index in [1.165, 1.54) is 0 Å². The maximum Gasteiger partial charge on any atom is 0.416 e. The number of sulfonamides is 1. The molecule has 1 aliphatic heterocycles. The van der Waals surface area contributed by atoms with Crippen molar-refractivity contribution in [2.75, 3.05) is 13.1 Å².